The van der Waals surface area contributed by atoms with Crippen LogP contribution in [0.15, 0.2) is 30.6 Å². The number of imidazole rings is 1. The van der Waals surface area contributed by atoms with Gasteiger partial charge < -0.3 is 24.8 Å². The van der Waals surface area contributed by atoms with Crippen LogP contribution in [0.25, 0.3) is 11.2 Å². The molecule has 0 saturated carbocycles. The standard InChI is InChI=1S/C23H31N7O3/c24-33-19(31)8-4-1-2-7-15-32-18-11-9-17(10-12-18)27-23-28-21-20(25-16-26-21)22(29-23)30-13-5-3-6-14-30/h9-12,16H,1-8,13-15,24H2,(H2,25,26,27,28,29). The van der Waals surface area contributed by atoms with Crippen LogP contribution in [0.1, 0.15) is 51.4 Å². The van der Waals surface area contributed by atoms with E-state index in [4.69, 9.17) is 15.6 Å². The highest BCUT2D eigenvalue weighted by Gasteiger charge is 2.18. The van der Waals surface area contributed by atoms with E-state index in [1.165, 1.54) is 19.3 Å². The molecule has 4 N–H and O–H groups in total. The highest BCUT2D eigenvalue weighted by atomic mass is 16.7. The SMILES string of the molecule is NOC(=O)CCCCCCOc1ccc(Nc2nc(N3CCCCC3)c3[nH]cnc3n2)cc1. The summed E-state index contributed by atoms with van der Waals surface area (Å²) in [6, 6.07) is 7.76. The van der Waals surface area contributed by atoms with Crippen molar-refractivity contribution in [2.24, 2.45) is 5.90 Å². The molecule has 0 aliphatic carbocycles. The minimum absolute atomic E-state index is 0.363. The minimum Gasteiger partial charge on any atom is -0.494 e. The molecule has 4 rings (SSSR count). The van der Waals surface area contributed by atoms with Crippen molar-refractivity contribution in [1.29, 1.82) is 0 Å². The second kappa shape index (κ2) is 11.5. The molecule has 10 heteroatoms. The van der Waals surface area contributed by atoms with Gasteiger partial charge in [0, 0.05) is 25.2 Å². The van der Waals surface area contributed by atoms with Crippen molar-refractivity contribution in [2.75, 3.05) is 29.9 Å². The van der Waals surface area contributed by atoms with Crippen LogP contribution in [0.4, 0.5) is 17.5 Å². The maximum atomic E-state index is 11.0. The summed E-state index contributed by atoms with van der Waals surface area (Å²) in [4.78, 5) is 34.3. The van der Waals surface area contributed by atoms with Gasteiger partial charge in [-0.3, -0.25) is 4.79 Å². The maximum Gasteiger partial charge on any atom is 0.324 e. The number of carbonyl (C=O) groups is 1. The molecule has 176 valence electrons. The largest absolute Gasteiger partial charge is 0.494 e. The van der Waals surface area contributed by atoms with Gasteiger partial charge in [0.05, 0.1) is 12.9 Å². The van der Waals surface area contributed by atoms with Crippen molar-refractivity contribution in [3.8, 4) is 5.75 Å². The first-order valence-corrected chi connectivity index (χ1v) is 11.6. The fraction of sp³-hybridized carbons (Fsp3) is 0.478. The number of aromatic nitrogens is 4. The zero-order valence-corrected chi connectivity index (χ0v) is 18.8. The number of benzene rings is 1. The van der Waals surface area contributed by atoms with Gasteiger partial charge in [-0.15, -0.1) is 0 Å². The van der Waals surface area contributed by atoms with Crippen molar-refractivity contribution in [1.82, 2.24) is 19.9 Å². The Morgan fingerprint density at radius 3 is 2.64 bits per heavy atom. The molecule has 1 aliphatic rings. The molecular weight excluding hydrogens is 422 g/mol. The predicted molar refractivity (Wildman–Crippen MR) is 126 cm³/mol. The number of fused-ring (bicyclic) bond motifs is 1. The van der Waals surface area contributed by atoms with Gasteiger partial charge in [0.15, 0.2) is 11.5 Å². The maximum absolute atomic E-state index is 11.0. The summed E-state index contributed by atoms with van der Waals surface area (Å²) in [6.07, 6.45) is 9.28. The third-order valence-corrected chi connectivity index (χ3v) is 5.71. The van der Waals surface area contributed by atoms with Gasteiger partial charge >= 0.3 is 5.97 Å². The summed E-state index contributed by atoms with van der Waals surface area (Å²) < 4.78 is 5.81. The summed E-state index contributed by atoms with van der Waals surface area (Å²) >= 11 is 0. The molecule has 1 saturated heterocycles. The summed E-state index contributed by atoms with van der Waals surface area (Å²) in [5.74, 6) is 6.70. The molecule has 0 amide bonds. The number of anilines is 3. The van der Waals surface area contributed by atoms with Crippen LogP contribution in [0.5, 0.6) is 5.75 Å². The van der Waals surface area contributed by atoms with E-state index in [1.54, 1.807) is 6.33 Å². The van der Waals surface area contributed by atoms with E-state index < -0.39 is 0 Å². The van der Waals surface area contributed by atoms with Crippen molar-refractivity contribution in [3.63, 3.8) is 0 Å². The number of nitrogens with one attached hydrogen (secondary N) is 2. The molecule has 10 nitrogen and oxygen atoms in total. The Balaban J connectivity index is 1.29. The van der Waals surface area contributed by atoms with Crippen LogP contribution < -0.4 is 20.9 Å². The van der Waals surface area contributed by atoms with Gasteiger partial charge in [-0.25, -0.2) is 4.98 Å². The molecule has 2 aromatic heterocycles. The van der Waals surface area contributed by atoms with Gasteiger partial charge in [-0.05, 0) is 56.4 Å². The Bertz CT molecular complexity index is 1030. The summed E-state index contributed by atoms with van der Waals surface area (Å²) in [6.45, 7) is 2.62. The van der Waals surface area contributed by atoms with Crippen molar-refractivity contribution >= 4 is 34.6 Å². The predicted octanol–water partition coefficient (Wildman–Crippen LogP) is 3.83. The number of nitrogens with zero attached hydrogens (tertiary/aromatic N) is 4. The van der Waals surface area contributed by atoms with E-state index in [0.717, 1.165) is 61.5 Å². The number of H-pyrrole nitrogens is 1. The van der Waals surface area contributed by atoms with Gasteiger partial charge in [0.1, 0.15) is 11.3 Å². The number of aromatic amines is 1. The highest BCUT2D eigenvalue weighted by Crippen LogP contribution is 2.27. The van der Waals surface area contributed by atoms with E-state index >= 15 is 0 Å². The molecule has 0 spiro atoms. The number of hydrogen-bond acceptors (Lipinski definition) is 9. The number of hydrogen-bond donors (Lipinski definition) is 3. The molecule has 3 aromatic rings. The van der Waals surface area contributed by atoms with Crippen LogP contribution in [0, 0.1) is 0 Å². The highest BCUT2D eigenvalue weighted by molar-refractivity contribution is 5.84. The number of piperidine rings is 1. The lowest BCUT2D eigenvalue weighted by Gasteiger charge is -2.28. The Kier molecular flexibility index (Phi) is 7.91. The summed E-state index contributed by atoms with van der Waals surface area (Å²) in [5, 5.41) is 3.29. The zero-order chi connectivity index (χ0) is 22.9. The second-order valence-corrected chi connectivity index (χ2v) is 8.17. The van der Waals surface area contributed by atoms with Gasteiger partial charge in [0.2, 0.25) is 5.95 Å². The van der Waals surface area contributed by atoms with Gasteiger partial charge in [0.25, 0.3) is 0 Å². The molecule has 33 heavy (non-hydrogen) atoms. The Morgan fingerprint density at radius 1 is 1.06 bits per heavy atom. The second-order valence-electron chi connectivity index (χ2n) is 8.17. The van der Waals surface area contributed by atoms with Crippen molar-refractivity contribution < 1.29 is 14.4 Å². The zero-order valence-electron chi connectivity index (χ0n) is 18.8. The molecule has 0 atom stereocenters. The van der Waals surface area contributed by atoms with Gasteiger partial charge in [-0.1, -0.05) is 12.8 Å². The first kappa shape index (κ1) is 22.8. The van der Waals surface area contributed by atoms with Crippen LogP contribution >= 0.6 is 0 Å². The van der Waals surface area contributed by atoms with E-state index in [-0.39, 0.29) is 5.97 Å². The molecule has 0 unspecified atom stereocenters. The Labute approximate surface area is 192 Å². The average Bonchev–Trinajstić information content (AvgIpc) is 3.33. The Hall–Kier alpha value is -3.40. The molecule has 1 fully saturated rings. The van der Waals surface area contributed by atoms with Crippen LogP contribution in [-0.4, -0.2) is 45.6 Å². The molecule has 0 bridgehead atoms. The quantitative estimate of drug-likeness (QED) is 0.293. The fourth-order valence-corrected chi connectivity index (χ4v) is 3.95. The van der Waals surface area contributed by atoms with Gasteiger partial charge in [-0.2, -0.15) is 15.9 Å². The molecule has 1 aliphatic heterocycles. The van der Waals surface area contributed by atoms with Crippen LogP contribution in [0.2, 0.25) is 0 Å². The van der Waals surface area contributed by atoms with E-state index in [0.29, 0.717) is 24.6 Å². The lowest BCUT2D eigenvalue weighted by molar-refractivity contribution is -0.144. The van der Waals surface area contributed by atoms with Crippen molar-refractivity contribution in [3.05, 3.63) is 30.6 Å². The molecular formula is C23H31N7O3. The molecule has 1 aromatic carbocycles. The number of ether oxygens (including phenoxy) is 1. The smallest absolute Gasteiger partial charge is 0.324 e. The lowest BCUT2D eigenvalue weighted by Crippen LogP contribution is -2.30. The third-order valence-electron chi connectivity index (χ3n) is 5.71. The van der Waals surface area contributed by atoms with Crippen LogP contribution in [0.3, 0.4) is 0 Å². The fourth-order valence-electron chi connectivity index (χ4n) is 3.95. The average molecular weight is 454 g/mol. The minimum atomic E-state index is -0.364. The first-order chi connectivity index (χ1) is 16.2. The van der Waals surface area contributed by atoms with E-state index in [2.05, 4.69) is 30.0 Å². The number of rotatable bonds is 11. The van der Waals surface area contributed by atoms with Crippen LogP contribution in [-0.2, 0) is 9.63 Å². The third kappa shape index (κ3) is 6.32. The first-order valence-electron chi connectivity index (χ1n) is 11.6. The summed E-state index contributed by atoms with van der Waals surface area (Å²) in [7, 11) is 0. The summed E-state index contributed by atoms with van der Waals surface area (Å²) in [5.41, 5.74) is 2.42. The topological polar surface area (TPSA) is 131 Å². The number of nitrogens with two attached hydrogens (primary N) is 1. The van der Waals surface area contributed by atoms with E-state index in [1.807, 2.05) is 24.3 Å². The van der Waals surface area contributed by atoms with E-state index in [9.17, 15) is 4.79 Å². The normalized spacial score (nSPS) is 13.8. The monoisotopic (exact) mass is 453 g/mol. The number of unbranched alkanes of at least 4 members (excludes halogenated alkanes) is 3. The molecule has 0 radical (unpaired) electrons. The lowest BCUT2D eigenvalue weighted by atomic mass is 10.1. The van der Waals surface area contributed by atoms with Crippen molar-refractivity contribution in [2.45, 2.75) is 51.4 Å². The molecule has 3 heterocycles. The number of carbonyl (C=O) groups excluding carboxylic acids is 1. The Morgan fingerprint density at radius 2 is 1.85 bits per heavy atom.